The molecule has 0 spiro atoms. The number of carbonyl (C=O) groups is 1. The van der Waals surface area contributed by atoms with E-state index in [1.54, 1.807) is 36.5 Å². The zero-order valence-corrected chi connectivity index (χ0v) is 7.90. The quantitative estimate of drug-likeness (QED) is 0.640. The summed E-state index contributed by atoms with van der Waals surface area (Å²) in [5, 5.41) is 9.00. The van der Waals surface area contributed by atoms with Crippen molar-refractivity contribution in [1.82, 2.24) is 10.2 Å². The number of nitrogens with two attached hydrogens (primary N) is 1. The molecular weight excluding hydrogens is 192 g/mol. The molecule has 2 aromatic rings. The summed E-state index contributed by atoms with van der Waals surface area (Å²) in [4.78, 5) is 11.7. The number of aromatic nitrogens is 2. The van der Waals surface area contributed by atoms with Gasteiger partial charge in [-0.15, -0.1) is 0 Å². The van der Waals surface area contributed by atoms with Gasteiger partial charge in [0, 0.05) is 11.8 Å². The minimum atomic E-state index is -0.252. The second-order valence-electron chi connectivity index (χ2n) is 3.01. The van der Waals surface area contributed by atoms with E-state index in [0.717, 1.165) is 0 Å². The van der Waals surface area contributed by atoms with Crippen molar-refractivity contribution in [2.75, 3.05) is 11.1 Å². The van der Waals surface area contributed by atoms with Crippen LogP contribution in [0.4, 0.5) is 11.5 Å². The molecule has 0 aliphatic heterocycles. The zero-order chi connectivity index (χ0) is 10.7. The maximum absolute atomic E-state index is 11.7. The van der Waals surface area contributed by atoms with Crippen LogP contribution in [0.3, 0.4) is 0 Å². The highest BCUT2D eigenvalue weighted by atomic mass is 16.1. The van der Waals surface area contributed by atoms with Crippen molar-refractivity contribution in [3.05, 3.63) is 42.1 Å². The molecule has 1 amide bonds. The highest BCUT2D eigenvalue weighted by molar-refractivity contribution is 6.07. The number of carbonyl (C=O) groups excluding carboxylic acids is 1. The van der Waals surface area contributed by atoms with Crippen molar-refractivity contribution >= 4 is 17.4 Å². The number of hydrogen-bond donors (Lipinski definition) is 3. The first-order chi connectivity index (χ1) is 7.27. The predicted octanol–water partition coefficient (Wildman–Crippen LogP) is 1.24. The van der Waals surface area contributed by atoms with Crippen LogP contribution in [0.25, 0.3) is 0 Å². The summed E-state index contributed by atoms with van der Waals surface area (Å²) in [7, 11) is 0. The number of anilines is 2. The topological polar surface area (TPSA) is 83.8 Å². The Morgan fingerprint density at radius 1 is 1.33 bits per heavy atom. The number of nitrogens with zero attached hydrogens (tertiary/aromatic N) is 1. The van der Waals surface area contributed by atoms with Crippen LogP contribution in [0.15, 0.2) is 36.5 Å². The largest absolute Gasteiger partial charge is 0.398 e. The molecule has 1 aromatic heterocycles. The number of aromatic amines is 1. The molecule has 0 aliphatic carbocycles. The first-order valence-electron chi connectivity index (χ1n) is 4.42. The Balaban J connectivity index is 2.19. The van der Waals surface area contributed by atoms with Gasteiger partial charge in [-0.1, -0.05) is 12.1 Å². The van der Waals surface area contributed by atoms with Crippen molar-refractivity contribution in [2.45, 2.75) is 0 Å². The molecule has 0 fully saturated rings. The molecule has 76 valence electrons. The normalized spacial score (nSPS) is 9.87. The van der Waals surface area contributed by atoms with Crippen molar-refractivity contribution in [3.63, 3.8) is 0 Å². The molecule has 4 N–H and O–H groups in total. The Hall–Kier alpha value is -2.30. The summed E-state index contributed by atoms with van der Waals surface area (Å²) >= 11 is 0. The number of benzene rings is 1. The van der Waals surface area contributed by atoms with E-state index in [-0.39, 0.29) is 5.91 Å². The van der Waals surface area contributed by atoms with Crippen LogP contribution in [-0.4, -0.2) is 16.1 Å². The van der Waals surface area contributed by atoms with E-state index in [1.807, 2.05) is 0 Å². The monoisotopic (exact) mass is 202 g/mol. The molecule has 5 nitrogen and oxygen atoms in total. The molecule has 1 aromatic carbocycles. The second kappa shape index (κ2) is 3.83. The van der Waals surface area contributed by atoms with Gasteiger partial charge in [0.1, 0.15) is 5.82 Å². The Morgan fingerprint density at radius 3 is 2.80 bits per heavy atom. The molecule has 0 atom stereocenters. The third-order valence-electron chi connectivity index (χ3n) is 1.95. The molecule has 15 heavy (non-hydrogen) atoms. The van der Waals surface area contributed by atoms with Crippen molar-refractivity contribution in [3.8, 4) is 0 Å². The van der Waals surface area contributed by atoms with Gasteiger partial charge in [-0.25, -0.2) is 0 Å². The van der Waals surface area contributed by atoms with Crippen LogP contribution in [0.1, 0.15) is 10.4 Å². The fourth-order valence-electron chi connectivity index (χ4n) is 1.22. The number of rotatable bonds is 2. The molecular formula is C10H10N4O. The highest BCUT2D eigenvalue weighted by Crippen LogP contribution is 2.12. The average molecular weight is 202 g/mol. The fourth-order valence-corrected chi connectivity index (χ4v) is 1.22. The number of nitrogen functional groups attached to an aromatic ring is 1. The summed E-state index contributed by atoms with van der Waals surface area (Å²) in [6, 6.07) is 8.56. The van der Waals surface area contributed by atoms with Crippen LogP contribution in [0, 0.1) is 0 Å². The number of hydrogen-bond acceptors (Lipinski definition) is 3. The molecule has 0 bridgehead atoms. The van der Waals surface area contributed by atoms with Gasteiger partial charge in [0.15, 0.2) is 0 Å². The van der Waals surface area contributed by atoms with E-state index in [1.165, 1.54) is 0 Å². The molecule has 0 aliphatic rings. The van der Waals surface area contributed by atoms with Gasteiger partial charge in [0.2, 0.25) is 0 Å². The van der Waals surface area contributed by atoms with E-state index < -0.39 is 0 Å². The van der Waals surface area contributed by atoms with Crippen molar-refractivity contribution in [2.24, 2.45) is 0 Å². The number of para-hydroxylation sites is 1. The van der Waals surface area contributed by atoms with Crippen molar-refractivity contribution < 1.29 is 4.79 Å². The van der Waals surface area contributed by atoms with E-state index >= 15 is 0 Å². The maximum Gasteiger partial charge on any atom is 0.258 e. The summed E-state index contributed by atoms with van der Waals surface area (Å²) in [5.74, 6) is 0.292. The SMILES string of the molecule is Nc1ccccc1C(=O)Nc1ccn[nH]1. The molecule has 1 heterocycles. The van der Waals surface area contributed by atoms with Gasteiger partial charge in [-0.3, -0.25) is 9.89 Å². The zero-order valence-electron chi connectivity index (χ0n) is 7.90. The van der Waals surface area contributed by atoms with Crippen LogP contribution < -0.4 is 11.1 Å². The Kier molecular flexibility index (Phi) is 2.37. The standard InChI is InChI=1S/C10H10N4O/c11-8-4-2-1-3-7(8)10(15)13-9-5-6-12-14-9/h1-6H,11H2,(H2,12,13,14,15). The number of H-pyrrole nitrogens is 1. The van der Waals surface area contributed by atoms with Gasteiger partial charge in [-0.05, 0) is 12.1 Å². The van der Waals surface area contributed by atoms with Crippen LogP contribution in [0.2, 0.25) is 0 Å². The van der Waals surface area contributed by atoms with Crippen LogP contribution >= 0.6 is 0 Å². The molecule has 5 heteroatoms. The molecule has 0 radical (unpaired) electrons. The Morgan fingerprint density at radius 2 is 2.13 bits per heavy atom. The summed E-state index contributed by atoms with van der Waals surface area (Å²) in [5.41, 5.74) is 6.57. The molecule has 2 rings (SSSR count). The first-order valence-corrected chi connectivity index (χ1v) is 4.42. The Bertz CT molecular complexity index is 464. The summed E-state index contributed by atoms with van der Waals surface area (Å²) < 4.78 is 0. The van der Waals surface area contributed by atoms with Gasteiger partial charge < -0.3 is 11.1 Å². The Labute approximate surface area is 86.3 Å². The minimum absolute atomic E-state index is 0.252. The van der Waals surface area contributed by atoms with Gasteiger partial charge in [0.25, 0.3) is 5.91 Å². The summed E-state index contributed by atoms with van der Waals surface area (Å²) in [6.45, 7) is 0. The maximum atomic E-state index is 11.7. The minimum Gasteiger partial charge on any atom is -0.398 e. The van der Waals surface area contributed by atoms with E-state index in [0.29, 0.717) is 17.1 Å². The van der Waals surface area contributed by atoms with Gasteiger partial charge in [-0.2, -0.15) is 5.10 Å². The smallest absolute Gasteiger partial charge is 0.258 e. The van der Waals surface area contributed by atoms with Crippen molar-refractivity contribution in [1.29, 1.82) is 0 Å². The lowest BCUT2D eigenvalue weighted by Crippen LogP contribution is -2.14. The molecule has 0 unspecified atom stereocenters. The van der Waals surface area contributed by atoms with Gasteiger partial charge >= 0.3 is 0 Å². The summed E-state index contributed by atoms with van der Waals surface area (Å²) in [6.07, 6.45) is 1.56. The fraction of sp³-hybridized carbons (Fsp3) is 0. The number of amides is 1. The van der Waals surface area contributed by atoms with Crippen LogP contribution in [-0.2, 0) is 0 Å². The molecule has 0 saturated heterocycles. The van der Waals surface area contributed by atoms with Gasteiger partial charge in [0.05, 0.1) is 11.8 Å². The first kappa shape index (κ1) is 9.26. The molecule has 0 saturated carbocycles. The average Bonchev–Trinajstić information content (AvgIpc) is 2.71. The van der Waals surface area contributed by atoms with E-state index in [9.17, 15) is 4.79 Å². The van der Waals surface area contributed by atoms with Crippen LogP contribution in [0.5, 0.6) is 0 Å². The lowest BCUT2D eigenvalue weighted by Gasteiger charge is -2.04. The third kappa shape index (κ3) is 1.96. The highest BCUT2D eigenvalue weighted by Gasteiger charge is 2.08. The lowest BCUT2D eigenvalue weighted by molar-refractivity contribution is 0.102. The van der Waals surface area contributed by atoms with E-state index in [4.69, 9.17) is 5.73 Å². The number of nitrogens with one attached hydrogen (secondary N) is 2. The third-order valence-corrected chi connectivity index (χ3v) is 1.95. The predicted molar refractivity (Wildman–Crippen MR) is 57.4 cm³/mol. The second-order valence-corrected chi connectivity index (χ2v) is 3.01. The van der Waals surface area contributed by atoms with E-state index in [2.05, 4.69) is 15.5 Å². The lowest BCUT2D eigenvalue weighted by atomic mass is 10.2.